The summed E-state index contributed by atoms with van der Waals surface area (Å²) in [4.78, 5) is 15.9. The predicted octanol–water partition coefficient (Wildman–Crippen LogP) is 6.17. The molecular formula is C29H21F4N7O2. The lowest BCUT2D eigenvalue weighted by Crippen LogP contribution is -2.11. The van der Waals surface area contributed by atoms with Crippen LogP contribution in [-0.2, 0) is 25.1 Å². The van der Waals surface area contributed by atoms with Crippen LogP contribution < -0.4 is 15.8 Å². The molecule has 3 aromatic heterocycles. The maximum absolute atomic E-state index is 15.4. The van der Waals surface area contributed by atoms with Crippen molar-refractivity contribution in [2.45, 2.75) is 6.18 Å². The molecule has 0 fully saturated rings. The molecule has 2 aromatic carbocycles. The Morgan fingerprint density at radius 1 is 1.14 bits per heavy atom. The van der Waals surface area contributed by atoms with Crippen LogP contribution in [0.15, 0.2) is 67.4 Å². The molecule has 42 heavy (non-hydrogen) atoms. The quantitative estimate of drug-likeness (QED) is 0.184. The fourth-order valence-corrected chi connectivity index (χ4v) is 4.72. The maximum Gasteiger partial charge on any atom is 0.433 e. The van der Waals surface area contributed by atoms with Crippen LogP contribution in [0.2, 0.25) is 0 Å². The molecule has 5 aromatic rings. The standard InChI is InChI=1S/C29H21F4N7O2/c1-4-22(41)37-18-8-5-15(6-9-18)26-24(25-27(39(26)2)17(13-34)14-36-28(25)35)16-7-10-20(19(30)11-16)42-23-12-21(29(31,32)33)40(3)38-23/h4-12,14H,1H2,2-3H3,(H2,35,36)(H,37,41). The van der Waals surface area contributed by atoms with E-state index in [9.17, 15) is 23.2 Å². The van der Waals surface area contributed by atoms with Crippen molar-refractivity contribution >= 4 is 28.3 Å². The Morgan fingerprint density at radius 3 is 2.43 bits per heavy atom. The highest BCUT2D eigenvalue weighted by atomic mass is 19.4. The van der Waals surface area contributed by atoms with Gasteiger partial charge >= 0.3 is 6.18 Å². The summed E-state index contributed by atoms with van der Waals surface area (Å²) in [5.74, 6) is -1.94. The van der Waals surface area contributed by atoms with Gasteiger partial charge in [-0.3, -0.25) is 9.48 Å². The Kier molecular flexibility index (Phi) is 6.91. The molecule has 1 amide bonds. The lowest BCUT2D eigenvalue weighted by molar-refractivity contribution is -0.143. The first-order valence-electron chi connectivity index (χ1n) is 12.2. The number of aromatic nitrogens is 4. The summed E-state index contributed by atoms with van der Waals surface area (Å²) >= 11 is 0. The van der Waals surface area contributed by atoms with Crippen molar-refractivity contribution in [1.82, 2.24) is 19.3 Å². The highest BCUT2D eigenvalue weighted by molar-refractivity contribution is 6.10. The second-order valence-electron chi connectivity index (χ2n) is 9.18. The van der Waals surface area contributed by atoms with E-state index in [2.05, 4.69) is 28.0 Å². The summed E-state index contributed by atoms with van der Waals surface area (Å²) in [6.45, 7) is 3.43. The van der Waals surface area contributed by atoms with Gasteiger partial charge < -0.3 is 20.4 Å². The number of fused-ring (bicyclic) bond motifs is 1. The third kappa shape index (κ3) is 4.90. The van der Waals surface area contributed by atoms with Gasteiger partial charge in [0.25, 0.3) is 0 Å². The van der Waals surface area contributed by atoms with E-state index >= 15 is 4.39 Å². The summed E-state index contributed by atoms with van der Waals surface area (Å²) in [6, 6.07) is 13.5. The number of hydrogen-bond acceptors (Lipinski definition) is 6. The van der Waals surface area contributed by atoms with Crippen LogP contribution in [0.5, 0.6) is 11.6 Å². The lowest BCUT2D eigenvalue weighted by Gasteiger charge is -2.11. The molecule has 0 atom stereocenters. The van der Waals surface area contributed by atoms with Crippen molar-refractivity contribution in [3.63, 3.8) is 0 Å². The van der Waals surface area contributed by atoms with Crippen molar-refractivity contribution < 1.29 is 27.1 Å². The van der Waals surface area contributed by atoms with Crippen molar-refractivity contribution in [2.75, 3.05) is 11.1 Å². The first-order chi connectivity index (χ1) is 19.9. The molecule has 0 bridgehead atoms. The van der Waals surface area contributed by atoms with E-state index in [0.717, 1.165) is 19.2 Å². The number of nitrogens with zero attached hydrogens (tertiary/aromatic N) is 5. The van der Waals surface area contributed by atoms with Crippen LogP contribution in [0.1, 0.15) is 11.3 Å². The second kappa shape index (κ2) is 10.4. The number of nitriles is 1. The molecule has 0 aliphatic carbocycles. The normalized spacial score (nSPS) is 11.4. The van der Waals surface area contributed by atoms with E-state index in [1.54, 1.807) is 35.9 Å². The number of hydrogen-bond donors (Lipinski definition) is 2. The third-order valence-corrected chi connectivity index (χ3v) is 6.55. The Morgan fingerprint density at radius 2 is 1.83 bits per heavy atom. The second-order valence-corrected chi connectivity index (χ2v) is 9.18. The topological polar surface area (TPSA) is 124 Å². The number of ether oxygens (including phenoxy) is 1. The lowest BCUT2D eigenvalue weighted by atomic mass is 9.97. The fourth-order valence-electron chi connectivity index (χ4n) is 4.72. The van der Waals surface area contributed by atoms with Gasteiger partial charge in [0.15, 0.2) is 11.6 Å². The highest BCUT2D eigenvalue weighted by Crippen LogP contribution is 2.44. The van der Waals surface area contributed by atoms with Gasteiger partial charge in [-0.2, -0.15) is 18.4 Å². The van der Waals surface area contributed by atoms with Crippen molar-refractivity contribution in [2.24, 2.45) is 14.1 Å². The largest absolute Gasteiger partial charge is 0.434 e. The van der Waals surface area contributed by atoms with E-state index in [0.29, 0.717) is 49.7 Å². The SMILES string of the molecule is C=CC(=O)Nc1ccc(-c2c(-c3ccc(Oc4cc(C(F)(F)F)n(C)n4)c(F)c3)c3c(N)ncc(C#N)c3n2C)cc1. The van der Waals surface area contributed by atoms with Crippen LogP contribution in [0.25, 0.3) is 33.3 Å². The fraction of sp³-hybridized carbons (Fsp3) is 0.103. The van der Waals surface area contributed by atoms with Crippen LogP contribution in [0.3, 0.4) is 0 Å². The number of pyridine rings is 1. The molecule has 3 heterocycles. The molecule has 3 N–H and O–H groups in total. The number of rotatable bonds is 6. The molecular weight excluding hydrogens is 554 g/mol. The van der Waals surface area contributed by atoms with Crippen LogP contribution in [-0.4, -0.2) is 25.2 Å². The monoisotopic (exact) mass is 575 g/mol. The smallest absolute Gasteiger partial charge is 0.433 e. The average molecular weight is 576 g/mol. The van der Waals surface area contributed by atoms with Gasteiger partial charge in [-0.25, -0.2) is 9.37 Å². The van der Waals surface area contributed by atoms with Gasteiger partial charge in [0.2, 0.25) is 11.8 Å². The number of benzene rings is 2. The predicted molar refractivity (Wildman–Crippen MR) is 148 cm³/mol. The number of halogens is 4. The molecule has 0 unspecified atom stereocenters. The minimum absolute atomic E-state index is 0.101. The molecule has 0 aliphatic rings. The molecule has 0 radical (unpaired) electrons. The van der Waals surface area contributed by atoms with Crippen LogP contribution in [0.4, 0.5) is 29.1 Å². The number of carbonyl (C=O) groups excluding carboxylic acids is 1. The van der Waals surface area contributed by atoms with Gasteiger partial charge in [-0.15, -0.1) is 5.10 Å². The van der Waals surface area contributed by atoms with Crippen LogP contribution in [0, 0.1) is 17.1 Å². The Hall–Kier alpha value is -5.64. The zero-order chi connectivity index (χ0) is 30.3. The van der Waals surface area contributed by atoms with Crippen molar-refractivity contribution in [3.05, 3.63) is 84.5 Å². The van der Waals surface area contributed by atoms with Crippen molar-refractivity contribution in [1.29, 1.82) is 5.26 Å². The molecule has 9 nitrogen and oxygen atoms in total. The van der Waals surface area contributed by atoms with Gasteiger partial charge in [-0.1, -0.05) is 24.8 Å². The summed E-state index contributed by atoms with van der Waals surface area (Å²) in [5, 5.41) is 16.5. The number of nitrogen functional groups attached to an aromatic ring is 1. The molecule has 13 heteroatoms. The number of aryl methyl sites for hydroxylation is 2. The average Bonchev–Trinajstić information content (AvgIpc) is 3.48. The zero-order valence-electron chi connectivity index (χ0n) is 22.1. The van der Waals surface area contributed by atoms with Gasteiger partial charge in [-0.05, 0) is 41.5 Å². The first-order valence-corrected chi connectivity index (χ1v) is 12.2. The first kappa shape index (κ1) is 27.9. The Balaban J connectivity index is 1.65. The van der Waals surface area contributed by atoms with Crippen molar-refractivity contribution in [3.8, 4) is 40.1 Å². The minimum Gasteiger partial charge on any atom is -0.434 e. The van der Waals surface area contributed by atoms with E-state index < -0.39 is 23.6 Å². The van der Waals surface area contributed by atoms with Gasteiger partial charge in [0.1, 0.15) is 17.6 Å². The van der Waals surface area contributed by atoms with E-state index in [1.807, 2.05) is 0 Å². The van der Waals surface area contributed by atoms with E-state index in [-0.39, 0.29) is 23.0 Å². The summed E-state index contributed by atoms with van der Waals surface area (Å²) in [5.41, 5.74) is 8.45. The maximum atomic E-state index is 15.4. The van der Waals surface area contributed by atoms with Gasteiger partial charge in [0.05, 0.1) is 22.2 Å². The molecule has 0 aliphatic heterocycles. The molecule has 0 saturated heterocycles. The highest BCUT2D eigenvalue weighted by Gasteiger charge is 2.35. The number of anilines is 2. The van der Waals surface area contributed by atoms with Gasteiger partial charge in [0, 0.05) is 37.6 Å². The summed E-state index contributed by atoms with van der Waals surface area (Å²) in [7, 11) is 2.83. The Bertz CT molecular complexity index is 1920. The minimum atomic E-state index is -4.66. The number of amides is 1. The molecule has 5 rings (SSSR count). The number of alkyl halides is 3. The zero-order valence-corrected chi connectivity index (χ0v) is 22.1. The molecule has 212 valence electrons. The van der Waals surface area contributed by atoms with E-state index in [1.165, 1.54) is 18.3 Å². The number of carbonyl (C=O) groups is 1. The summed E-state index contributed by atoms with van der Waals surface area (Å²) < 4.78 is 62.6. The number of nitrogens with two attached hydrogens (primary N) is 1. The number of nitrogens with one attached hydrogen (secondary N) is 1. The molecule has 0 spiro atoms. The summed E-state index contributed by atoms with van der Waals surface area (Å²) in [6.07, 6.45) is -2.18. The van der Waals surface area contributed by atoms with E-state index in [4.69, 9.17) is 10.5 Å². The third-order valence-electron chi connectivity index (χ3n) is 6.55. The van der Waals surface area contributed by atoms with Crippen LogP contribution >= 0.6 is 0 Å². The molecule has 0 saturated carbocycles. The Labute approximate surface area is 236 Å².